The van der Waals surface area contributed by atoms with E-state index in [0.717, 1.165) is 64.8 Å². The van der Waals surface area contributed by atoms with Gasteiger partial charge in [0.2, 0.25) is 5.91 Å². The topological polar surface area (TPSA) is 295 Å². The fourth-order valence-corrected chi connectivity index (χ4v) is 18.5. The van der Waals surface area contributed by atoms with Crippen molar-refractivity contribution in [2.45, 2.75) is 328 Å². The molecule has 2 aromatic rings. The van der Waals surface area contributed by atoms with Crippen LogP contribution in [0.5, 0.6) is 0 Å². The van der Waals surface area contributed by atoms with Crippen LogP contribution in [0.15, 0.2) is 168 Å². The van der Waals surface area contributed by atoms with Gasteiger partial charge >= 0.3 is 44.3 Å². The van der Waals surface area contributed by atoms with E-state index in [9.17, 15) is 36.9 Å². The van der Waals surface area contributed by atoms with Gasteiger partial charge in [-0.05, 0) is 178 Å². The number of nitrogen functional groups attached to an aromatic ring is 3. The van der Waals surface area contributed by atoms with Crippen LogP contribution in [0.2, 0.25) is 18.1 Å². The van der Waals surface area contributed by atoms with Gasteiger partial charge in [-0.3, -0.25) is 27.7 Å². The van der Waals surface area contributed by atoms with Gasteiger partial charge in [-0.1, -0.05) is 334 Å². The third kappa shape index (κ3) is 72.7. The Hall–Kier alpha value is -6.90. The van der Waals surface area contributed by atoms with Crippen LogP contribution < -0.4 is 46.9 Å². The minimum Gasteiger partial charge on any atom is -0.870 e. The number of esters is 2. The van der Waals surface area contributed by atoms with Crippen molar-refractivity contribution in [3.8, 4) is 0 Å². The minimum absolute atomic E-state index is 0. The summed E-state index contributed by atoms with van der Waals surface area (Å²) in [5.41, 5.74) is 26.2. The Morgan fingerprint density at radius 2 is 0.728 bits per heavy atom. The van der Waals surface area contributed by atoms with Crippen molar-refractivity contribution < 1.29 is 90.5 Å². The molecule has 5 saturated carbocycles. The summed E-state index contributed by atoms with van der Waals surface area (Å²) >= 11 is 0. The molecule has 23 heteroatoms. The number of ether oxygens (including phenoxy) is 4. The van der Waals surface area contributed by atoms with Gasteiger partial charge in [0.1, 0.15) is 0 Å². The third-order valence-electron chi connectivity index (χ3n) is 22.8. The Balaban J connectivity index is -0.000000685. The number of nitrogens with one attached hydrogen (secondary N) is 2. The van der Waals surface area contributed by atoms with E-state index in [2.05, 4.69) is 98.0 Å². The zero-order valence-electron chi connectivity index (χ0n) is 81.1. The van der Waals surface area contributed by atoms with E-state index in [0.29, 0.717) is 71.5 Å². The van der Waals surface area contributed by atoms with Crippen molar-refractivity contribution in [3.63, 3.8) is 0 Å². The van der Waals surface area contributed by atoms with E-state index in [1.165, 1.54) is 229 Å². The van der Waals surface area contributed by atoms with Crippen LogP contribution >= 0.6 is 0 Å². The summed E-state index contributed by atoms with van der Waals surface area (Å²) in [7, 11) is -2.03. The summed E-state index contributed by atoms with van der Waals surface area (Å²) in [6, 6.07) is 19.0. The number of para-hydroxylation sites is 4. The van der Waals surface area contributed by atoms with Crippen molar-refractivity contribution in [2.75, 3.05) is 56.1 Å². The van der Waals surface area contributed by atoms with E-state index < -0.39 is 19.4 Å². The number of hydrogen-bond donors (Lipinski definition) is 7. The van der Waals surface area contributed by atoms with Gasteiger partial charge in [-0.15, -0.1) is 0 Å². The Labute approximate surface area is 771 Å². The Kier molecular flexibility index (Phi) is 81.2. The van der Waals surface area contributed by atoms with E-state index in [1.807, 2.05) is 105 Å². The van der Waals surface area contributed by atoms with Crippen LogP contribution in [-0.4, -0.2) is 101 Å². The molecule has 0 aliphatic heterocycles. The molecular weight excluding hydrogens is 1590 g/mol. The van der Waals surface area contributed by atoms with Crippen molar-refractivity contribution in [1.82, 2.24) is 5.48 Å². The summed E-state index contributed by atoms with van der Waals surface area (Å²) < 4.78 is 49.3. The second-order valence-electron chi connectivity index (χ2n) is 34.2. The number of hydroxylamine groups is 1. The predicted molar refractivity (Wildman–Crippen MR) is 520 cm³/mol. The molecule has 0 spiro atoms. The molecule has 0 bridgehead atoms. The maximum atomic E-state index is 12.0. The number of nitrogens with two attached hydrogens (primary N) is 3. The maximum absolute atomic E-state index is 12.0. The number of aliphatic carboxylic acids is 1. The summed E-state index contributed by atoms with van der Waals surface area (Å²) in [5, 5.41) is 19.7. The first-order chi connectivity index (χ1) is 58.7. The Morgan fingerprint density at radius 3 is 0.992 bits per heavy atom. The second kappa shape index (κ2) is 81.6. The molecule has 17 nitrogen and oxygen atoms in total. The van der Waals surface area contributed by atoms with E-state index in [1.54, 1.807) is 48.0 Å². The van der Waals surface area contributed by atoms with Gasteiger partial charge in [-0.2, -0.15) is 0 Å². The van der Waals surface area contributed by atoms with E-state index in [4.69, 9.17) is 46.5 Å². The number of carbonyl (C=O) groups is 5. The smallest absolute Gasteiger partial charge is 0.870 e. The molecular formula is C102H172BF3LiN5O12Si. The number of halogens is 3. The van der Waals surface area contributed by atoms with Crippen molar-refractivity contribution >= 4 is 68.8 Å². The molecule has 5 aliphatic carbocycles. The number of carbonyl (C=O) groups excluding carboxylic acids is 4. The SMILES string of the molecule is CC(/C=C/C(=O)NO)=C\C(C)CC1CCCCC1.CC(/C=C/C(=O)Nc1ccccc1N)=C\C(C)CC1CCCCC1.CC(/C=C/C(=O)O)=C\C(C)CC1CCCCC1.CCOC(=O)/C=C/C(C)=C/C(C)C(OC)C1CCCCC1.CCOC(=O)/C=C/C(C)=C/C(C)CC1CCCCC1.CCOCC.CC[SiH](CC)CC.FB(F)F.Nc1ccccc1N.[Li+].[OH-]. The van der Waals surface area contributed by atoms with Crippen LogP contribution in [0.4, 0.5) is 35.7 Å². The second-order valence-corrected chi connectivity index (χ2v) is 38.4. The number of hydrogen-bond acceptors (Lipinski definition) is 14. The number of rotatable bonds is 34. The molecule has 125 heavy (non-hydrogen) atoms. The molecule has 0 saturated heterocycles. The molecule has 2 aromatic carbocycles. The van der Waals surface area contributed by atoms with Gasteiger partial charge in [-0.25, -0.2) is 19.9 Å². The normalized spacial score (nSPS) is 17.3. The summed E-state index contributed by atoms with van der Waals surface area (Å²) in [6.45, 7) is 38.4. The first-order valence-corrected chi connectivity index (χ1v) is 49.3. The minimum atomic E-state index is -3.67. The van der Waals surface area contributed by atoms with Gasteiger partial charge < -0.3 is 52.0 Å². The zero-order valence-corrected chi connectivity index (χ0v) is 82.3. The van der Waals surface area contributed by atoms with Gasteiger partial charge in [0.15, 0.2) is 0 Å². The quantitative estimate of drug-likeness (QED) is 0.00652. The number of allylic oxidation sites excluding steroid dienone is 14. The van der Waals surface area contributed by atoms with Gasteiger partial charge in [0.05, 0.1) is 42.1 Å². The summed E-state index contributed by atoms with van der Waals surface area (Å²) in [4.78, 5) is 55.8. The number of methoxy groups -OCH3 is 1. The monoisotopic (exact) mass is 1760 g/mol. The standard InChI is InChI=1S/C21H30N2O.C18H30O3.C17H28O2.C15H25NO2.C15H24O2.C6H8N2.C6H16Si.C4H10O.BF3.Li.H2O/c1-16(14-17(2)15-18-8-4-3-5-9-18)12-13-21(24)23-20-11-7-6-10-19(20)22;1-5-21-17(19)12-11-14(2)13-15(3)18(20-4)16-9-7-6-8-10-16;1-4-19-17(18)11-10-14(2)12-15(3)13-16-8-6-5-7-9-16;1-12(8-9-15(17)16-18)10-13(2)11-14-6-4-3-5-7-14;1-12(8-9-15(16)17)10-13(2)11-14-6-4-3-5-7-14;7-5-3-1-2-4-6(5)8;1-4-7(5-2)6-3;1-3-5-4-2;2-1(3)4;;/h6-7,10-14,17-18H,3-5,8-9,15,22H2,1-2H3,(H,23,24);11-13,15-16,18H,5-10H2,1-4H3;10-12,15-16H,4-9,13H2,1-3H3;8-10,13-14,18H,3-7,11H2,1-2H3,(H,16,17);8-10,13-14H,3-7,11H2,1-2H3,(H,16,17);1-4H,7-8H2;7H,4-6H2,1-3H3;3-4H2,1-2H3;;;1H2/q;;;;;;;;;+1;/p-1/b13-12+,16-14+;12-11+,14-13+;11-10+,14-12+;2*9-8+,12-10+;;;;;;. The summed E-state index contributed by atoms with van der Waals surface area (Å²) in [5.74, 6) is 4.76. The van der Waals surface area contributed by atoms with Crippen molar-refractivity contribution in [2.24, 2.45) is 59.2 Å². The van der Waals surface area contributed by atoms with Crippen LogP contribution in [0.1, 0.15) is 304 Å². The number of amides is 2. The maximum Gasteiger partial charge on any atom is 1.00 e. The molecule has 706 valence electrons. The first-order valence-electron chi connectivity index (χ1n) is 46.8. The number of anilines is 4. The van der Waals surface area contributed by atoms with Crippen LogP contribution in [-0.2, 0) is 42.9 Å². The molecule has 5 fully saturated rings. The predicted octanol–water partition coefficient (Wildman–Crippen LogP) is 23.9. The third-order valence-corrected chi connectivity index (χ3v) is 26.3. The molecule has 6 unspecified atom stereocenters. The molecule has 5 aliphatic rings. The van der Waals surface area contributed by atoms with E-state index in [-0.39, 0.29) is 57.1 Å². The first kappa shape index (κ1) is 124. The largest absolute Gasteiger partial charge is 1.00 e. The number of carboxylic acid groups (broad SMARTS) is 1. The molecule has 0 radical (unpaired) electrons. The Bertz CT molecular complexity index is 3380. The Morgan fingerprint density at radius 1 is 0.440 bits per heavy atom. The average Bonchev–Trinajstić information content (AvgIpc) is 0.868. The average molecular weight is 1760 g/mol. The van der Waals surface area contributed by atoms with Crippen LogP contribution in [0, 0.1) is 59.2 Å². The number of carboxylic acids is 1. The molecule has 7 rings (SSSR count). The molecule has 0 heterocycles. The summed E-state index contributed by atoms with van der Waals surface area (Å²) in [6.07, 6.45) is 66.9. The zero-order chi connectivity index (χ0) is 92.6. The van der Waals surface area contributed by atoms with Crippen molar-refractivity contribution in [1.29, 1.82) is 0 Å². The molecule has 6 atom stereocenters. The van der Waals surface area contributed by atoms with Crippen LogP contribution in [0.25, 0.3) is 0 Å². The molecule has 11 N–H and O–H groups in total. The van der Waals surface area contributed by atoms with Crippen molar-refractivity contribution in [3.05, 3.63) is 168 Å². The van der Waals surface area contributed by atoms with Crippen LogP contribution in [0.3, 0.4) is 0 Å². The molecule has 0 aromatic heterocycles. The van der Waals surface area contributed by atoms with Gasteiger partial charge in [0, 0.05) is 65.4 Å². The fourth-order valence-electron chi connectivity index (χ4n) is 16.7. The van der Waals surface area contributed by atoms with Gasteiger partial charge in [0.25, 0.3) is 5.91 Å². The number of benzene rings is 2. The fraction of sp³-hybridized carbons (Fsp3) is 0.637. The molecule has 2 amide bonds. The van der Waals surface area contributed by atoms with E-state index >= 15 is 0 Å².